The SMILES string of the molecule is CCCCCCCCCCCCC/C=C/C(O)C(COC1OC(CO)C(O)C(O)C1O)NC(=O)CCCCCCCC. The van der Waals surface area contributed by atoms with Crippen LogP contribution in [0.5, 0.6) is 0 Å². The van der Waals surface area contributed by atoms with Crippen molar-refractivity contribution in [2.75, 3.05) is 13.2 Å². The maximum absolute atomic E-state index is 12.7. The van der Waals surface area contributed by atoms with E-state index in [1.165, 1.54) is 70.6 Å². The van der Waals surface area contributed by atoms with Crippen LogP contribution < -0.4 is 5.32 Å². The molecule has 1 heterocycles. The molecular formula is C33H63NO8. The van der Waals surface area contributed by atoms with Crippen LogP contribution in [0, 0.1) is 0 Å². The molecule has 0 aliphatic carbocycles. The highest BCUT2D eigenvalue weighted by molar-refractivity contribution is 5.76. The summed E-state index contributed by atoms with van der Waals surface area (Å²) in [5, 5.41) is 53.5. The Labute approximate surface area is 255 Å². The van der Waals surface area contributed by atoms with Crippen molar-refractivity contribution >= 4 is 5.91 Å². The zero-order valence-corrected chi connectivity index (χ0v) is 26.5. The fourth-order valence-corrected chi connectivity index (χ4v) is 5.27. The van der Waals surface area contributed by atoms with E-state index in [0.29, 0.717) is 6.42 Å². The molecule has 1 rings (SSSR count). The Hall–Kier alpha value is -1.07. The maximum atomic E-state index is 12.7. The van der Waals surface area contributed by atoms with Crippen LogP contribution in [0.4, 0.5) is 0 Å². The molecule has 1 aliphatic rings. The minimum absolute atomic E-state index is 0.186. The molecule has 0 saturated carbocycles. The fourth-order valence-electron chi connectivity index (χ4n) is 5.27. The van der Waals surface area contributed by atoms with Gasteiger partial charge in [0.1, 0.15) is 24.4 Å². The number of carbonyl (C=O) groups excluding carboxylic acids is 1. The first kappa shape index (κ1) is 39.0. The molecule has 1 aliphatic heterocycles. The number of hydrogen-bond acceptors (Lipinski definition) is 8. The molecule has 42 heavy (non-hydrogen) atoms. The summed E-state index contributed by atoms with van der Waals surface area (Å²) in [5.41, 5.74) is 0. The highest BCUT2D eigenvalue weighted by atomic mass is 16.7. The van der Waals surface area contributed by atoms with E-state index in [1.54, 1.807) is 6.08 Å². The van der Waals surface area contributed by atoms with Gasteiger partial charge in [-0.05, 0) is 19.3 Å². The summed E-state index contributed by atoms with van der Waals surface area (Å²) in [4.78, 5) is 12.7. The van der Waals surface area contributed by atoms with Gasteiger partial charge in [-0.1, -0.05) is 122 Å². The van der Waals surface area contributed by atoms with E-state index in [0.717, 1.165) is 44.9 Å². The van der Waals surface area contributed by atoms with Crippen molar-refractivity contribution < 1.29 is 39.8 Å². The molecule has 0 aromatic carbocycles. The molecule has 1 saturated heterocycles. The number of nitrogens with one attached hydrogen (secondary N) is 1. The van der Waals surface area contributed by atoms with Crippen molar-refractivity contribution in [1.29, 1.82) is 0 Å². The predicted octanol–water partition coefficient (Wildman–Crippen LogP) is 4.66. The lowest BCUT2D eigenvalue weighted by molar-refractivity contribution is -0.302. The minimum Gasteiger partial charge on any atom is -0.394 e. The zero-order chi connectivity index (χ0) is 31.0. The van der Waals surface area contributed by atoms with Gasteiger partial charge in [-0.2, -0.15) is 0 Å². The molecule has 0 radical (unpaired) electrons. The topological polar surface area (TPSA) is 149 Å². The molecule has 6 N–H and O–H groups in total. The van der Waals surface area contributed by atoms with Crippen LogP contribution in [0.1, 0.15) is 136 Å². The van der Waals surface area contributed by atoms with E-state index in [2.05, 4.69) is 19.2 Å². The number of ether oxygens (including phenoxy) is 2. The Morgan fingerprint density at radius 2 is 1.31 bits per heavy atom. The molecule has 0 aromatic heterocycles. The van der Waals surface area contributed by atoms with Crippen molar-refractivity contribution in [3.63, 3.8) is 0 Å². The second-order valence-electron chi connectivity index (χ2n) is 12.0. The summed E-state index contributed by atoms with van der Waals surface area (Å²) in [5.74, 6) is -0.189. The van der Waals surface area contributed by atoms with Gasteiger partial charge in [-0.3, -0.25) is 4.79 Å². The lowest BCUT2D eigenvalue weighted by Crippen LogP contribution is -2.60. The van der Waals surface area contributed by atoms with Crippen molar-refractivity contribution in [3.05, 3.63) is 12.2 Å². The number of unbranched alkanes of at least 4 members (excludes halogenated alkanes) is 16. The Kier molecular flexibility index (Phi) is 23.4. The first-order chi connectivity index (χ1) is 20.3. The van der Waals surface area contributed by atoms with Crippen LogP contribution in [0.2, 0.25) is 0 Å². The molecule has 1 amide bonds. The van der Waals surface area contributed by atoms with E-state index < -0.39 is 49.5 Å². The molecular weight excluding hydrogens is 538 g/mol. The van der Waals surface area contributed by atoms with E-state index in [1.807, 2.05) is 6.08 Å². The normalized spacial score (nSPS) is 24.2. The van der Waals surface area contributed by atoms with Gasteiger partial charge in [-0.25, -0.2) is 0 Å². The summed E-state index contributed by atoms with van der Waals surface area (Å²) in [6.45, 7) is 3.66. The van der Waals surface area contributed by atoms with Crippen molar-refractivity contribution in [2.45, 2.75) is 179 Å². The second-order valence-corrected chi connectivity index (χ2v) is 12.0. The predicted molar refractivity (Wildman–Crippen MR) is 166 cm³/mol. The summed E-state index contributed by atoms with van der Waals surface area (Å²) < 4.78 is 11.1. The van der Waals surface area contributed by atoms with Crippen molar-refractivity contribution in [2.24, 2.45) is 0 Å². The van der Waals surface area contributed by atoms with Crippen LogP contribution in [0.25, 0.3) is 0 Å². The number of allylic oxidation sites excluding steroid dienone is 1. The van der Waals surface area contributed by atoms with Crippen LogP contribution in [-0.2, 0) is 14.3 Å². The zero-order valence-electron chi connectivity index (χ0n) is 26.5. The van der Waals surface area contributed by atoms with Gasteiger partial charge in [0.2, 0.25) is 5.91 Å². The van der Waals surface area contributed by atoms with Gasteiger partial charge in [-0.15, -0.1) is 0 Å². The Balaban J connectivity index is 2.50. The fraction of sp³-hybridized carbons (Fsp3) is 0.909. The molecule has 1 fully saturated rings. The van der Waals surface area contributed by atoms with Gasteiger partial charge < -0.3 is 40.3 Å². The Morgan fingerprint density at radius 3 is 1.86 bits per heavy atom. The summed E-state index contributed by atoms with van der Waals surface area (Å²) in [6, 6.07) is -0.793. The molecule has 0 aromatic rings. The van der Waals surface area contributed by atoms with Crippen LogP contribution in [-0.4, -0.2) is 87.5 Å². The largest absolute Gasteiger partial charge is 0.394 e. The van der Waals surface area contributed by atoms with Gasteiger partial charge in [0.25, 0.3) is 0 Å². The number of rotatable bonds is 26. The van der Waals surface area contributed by atoms with Crippen molar-refractivity contribution in [1.82, 2.24) is 5.32 Å². The molecule has 9 heteroatoms. The summed E-state index contributed by atoms with van der Waals surface area (Å²) in [6.07, 6.45) is 17.1. The molecule has 7 atom stereocenters. The molecule has 248 valence electrons. The summed E-state index contributed by atoms with van der Waals surface area (Å²) >= 11 is 0. The van der Waals surface area contributed by atoms with Gasteiger partial charge in [0.15, 0.2) is 6.29 Å². The van der Waals surface area contributed by atoms with Crippen molar-refractivity contribution in [3.8, 4) is 0 Å². The maximum Gasteiger partial charge on any atom is 0.220 e. The monoisotopic (exact) mass is 601 g/mol. The standard InChI is InChI=1S/C33H63NO8/c1-3-5-7-9-11-12-13-14-15-16-17-18-20-22-27(36)26(34-29(37)23-21-19-10-8-6-4-2)25-41-33-32(40)31(39)30(38)28(24-35)42-33/h20,22,26-28,30-33,35-36,38-40H,3-19,21,23-25H2,1-2H3,(H,34,37)/b22-20+. The third-order valence-electron chi connectivity index (χ3n) is 8.11. The third kappa shape index (κ3) is 17.3. The average molecular weight is 602 g/mol. The number of aliphatic hydroxyl groups is 5. The molecule has 7 unspecified atom stereocenters. The molecule has 9 nitrogen and oxygen atoms in total. The third-order valence-corrected chi connectivity index (χ3v) is 8.11. The highest BCUT2D eigenvalue weighted by Gasteiger charge is 2.44. The average Bonchev–Trinajstić information content (AvgIpc) is 2.98. The first-order valence-electron chi connectivity index (χ1n) is 16.9. The first-order valence-corrected chi connectivity index (χ1v) is 16.9. The molecule has 0 spiro atoms. The lowest BCUT2D eigenvalue weighted by atomic mass is 9.99. The highest BCUT2D eigenvalue weighted by Crippen LogP contribution is 2.22. The van der Waals surface area contributed by atoms with Crippen LogP contribution in [0.15, 0.2) is 12.2 Å². The van der Waals surface area contributed by atoms with E-state index in [9.17, 15) is 30.3 Å². The van der Waals surface area contributed by atoms with Gasteiger partial charge >= 0.3 is 0 Å². The Bertz CT molecular complexity index is 676. The number of carbonyl (C=O) groups is 1. The van der Waals surface area contributed by atoms with E-state index >= 15 is 0 Å². The number of amides is 1. The smallest absolute Gasteiger partial charge is 0.220 e. The number of aliphatic hydroxyl groups excluding tert-OH is 5. The van der Waals surface area contributed by atoms with Gasteiger partial charge in [0, 0.05) is 6.42 Å². The minimum atomic E-state index is -1.56. The van der Waals surface area contributed by atoms with Crippen LogP contribution in [0.3, 0.4) is 0 Å². The second kappa shape index (κ2) is 25.3. The van der Waals surface area contributed by atoms with Crippen LogP contribution >= 0.6 is 0 Å². The quantitative estimate of drug-likeness (QED) is 0.0620. The van der Waals surface area contributed by atoms with E-state index in [4.69, 9.17) is 9.47 Å². The summed E-state index contributed by atoms with van der Waals surface area (Å²) in [7, 11) is 0. The van der Waals surface area contributed by atoms with Gasteiger partial charge in [0.05, 0.1) is 25.4 Å². The van der Waals surface area contributed by atoms with E-state index in [-0.39, 0.29) is 12.5 Å². The lowest BCUT2D eigenvalue weighted by Gasteiger charge is -2.40. The number of hydrogen-bond donors (Lipinski definition) is 6. The molecule has 0 bridgehead atoms. The Morgan fingerprint density at radius 1 is 0.786 bits per heavy atom.